The van der Waals surface area contributed by atoms with Crippen LogP contribution in [0.4, 0.5) is 0 Å². The lowest BCUT2D eigenvalue weighted by atomic mass is 9.95. The van der Waals surface area contributed by atoms with E-state index >= 15 is 0 Å². The van der Waals surface area contributed by atoms with Gasteiger partial charge in [0.1, 0.15) is 0 Å². The number of likely N-dealkylation sites (tertiary alicyclic amines) is 1. The van der Waals surface area contributed by atoms with Gasteiger partial charge >= 0.3 is 0 Å². The van der Waals surface area contributed by atoms with Crippen LogP contribution in [-0.2, 0) is 0 Å². The minimum atomic E-state index is -0.107. The van der Waals surface area contributed by atoms with Crippen LogP contribution >= 0.6 is 0 Å². The van der Waals surface area contributed by atoms with Gasteiger partial charge in [0.25, 0.3) is 0 Å². The fourth-order valence-electron chi connectivity index (χ4n) is 4.10. The summed E-state index contributed by atoms with van der Waals surface area (Å²) < 4.78 is 0. The van der Waals surface area contributed by atoms with Crippen LogP contribution in [0, 0.1) is 11.8 Å². The zero-order chi connectivity index (χ0) is 13.9. The summed E-state index contributed by atoms with van der Waals surface area (Å²) in [4.78, 5) is 2.65. The van der Waals surface area contributed by atoms with Crippen molar-refractivity contribution in [2.45, 2.75) is 64.5 Å². The third-order valence-electron chi connectivity index (χ3n) is 4.99. The largest absolute Gasteiger partial charge is 0.394 e. The summed E-state index contributed by atoms with van der Waals surface area (Å²) >= 11 is 0. The lowest BCUT2D eigenvalue weighted by molar-refractivity contribution is 0.149. The number of rotatable bonds is 7. The molecule has 0 radical (unpaired) electrons. The van der Waals surface area contributed by atoms with Crippen LogP contribution in [0.5, 0.6) is 0 Å². The number of aliphatic hydroxyl groups is 1. The molecule has 2 aliphatic rings. The highest BCUT2D eigenvalue weighted by atomic mass is 16.3. The topological polar surface area (TPSA) is 35.5 Å². The molecule has 2 rings (SSSR count). The molecule has 0 aromatic carbocycles. The average molecular weight is 268 g/mol. The molecule has 1 saturated heterocycles. The molecule has 3 unspecified atom stereocenters. The van der Waals surface area contributed by atoms with Crippen LogP contribution in [0.25, 0.3) is 0 Å². The monoisotopic (exact) mass is 268 g/mol. The lowest BCUT2D eigenvalue weighted by Crippen LogP contribution is -2.49. The van der Waals surface area contributed by atoms with Crippen molar-refractivity contribution in [2.24, 2.45) is 11.8 Å². The van der Waals surface area contributed by atoms with Crippen molar-refractivity contribution in [1.82, 2.24) is 10.2 Å². The van der Waals surface area contributed by atoms with E-state index in [0.717, 1.165) is 18.3 Å². The predicted octanol–water partition coefficient (Wildman–Crippen LogP) is 2.25. The Balaban J connectivity index is 1.68. The third kappa shape index (κ3) is 4.17. The second kappa shape index (κ2) is 6.55. The molecule has 3 heteroatoms. The van der Waals surface area contributed by atoms with Crippen LogP contribution in [0.15, 0.2) is 0 Å². The summed E-state index contributed by atoms with van der Waals surface area (Å²) in [5.41, 5.74) is -0.107. The number of fused-ring (bicyclic) bond motifs is 1. The Kier molecular flexibility index (Phi) is 5.27. The SMILES string of the molecule is CC(C)NC(C)(CO)CCCN1CC2CCCC2C1. The van der Waals surface area contributed by atoms with E-state index in [1.165, 1.54) is 45.3 Å². The molecule has 1 heterocycles. The summed E-state index contributed by atoms with van der Waals surface area (Å²) in [7, 11) is 0. The highest BCUT2D eigenvalue weighted by molar-refractivity contribution is 4.89. The maximum absolute atomic E-state index is 9.58. The smallest absolute Gasteiger partial charge is 0.0610 e. The normalized spacial score (nSPS) is 30.8. The lowest BCUT2D eigenvalue weighted by Gasteiger charge is -2.32. The molecule has 3 atom stereocenters. The van der Waals surface area contributed by atoms with Gasteiger partial charge in [0.05, 0.1) is 6.61 Å². The van der Waals surface area contributed by atoms with Crippen molar-refractivity contribution in [3.8, 4) is 0 Å². The zero-order valence-corrected chi connectivity index (χ0v) is 13.0. The third-order valence-corrected chi connectivity index (χ3v) is 4.99. The maximum atomic E-state index is 9.58. The first-order valence-electron chi connectivity index (χ1n) is 8.13. The fraction of sp³-hybridized carbons (Fsp3) is 1.00. The van der Waals surface area contributed by atoms with E-state index in [4.69, 9.17) is 0 Å². The second-order valence-corrected chi connectivity index (χ2v) is 7.33. The number of aliphatic hydroxyl groups excluding tert-OH is 1. The maximum Gasteiger partial charge on any atom is 0.0610 e. The molecule has 0 aromatic heterocycles. The highest BCUT2D eigenvalue weighted by Gasteiger charge is 2.35. The van der Waals surface area contributed by atoms with Gasteiger partial charge in [-0.25, -0.2) is 0 Å². The Morgan fingerprint density at radius 2 is 1.89 bits per heavy atom. The molecular weight excluding hydrogens is 236 g/mol. The van der Waals surface area contributed by atoms with Gasteiger partial charge in [-0.05, 0) is 51.0 Å². The van der Waals surface area contributed by atoms with Gasteiger partial charge in [0.2, 0.25) is 0 Å². The van der Waals surface area contributed by atoms with E-state index in [1.807, 2.05) is 0 Å². The first-order valence-corrected chi connectivity index (χ1v) is 8.13. The van der Waals surface area contributed by atoms with E-state index in [9.17, 15) is 5.11 Å². The van der Waals surface area contributed by atoms with E-state index in [-0.39, 0.29) is 12.1 Å². The van der Waals surface area contributed by atoms with Crippen molar-refractivity contribution in [3.05, 3.63) is 0 Å². The van der Waals surface area contributed by atoms with Gasteiger partial charge in [0, 0.05) is 24.7 Å². The first-order chi connectivity index (χ1) is 9.02. The average Bonchev–Trinajstić information content (AvgIpc) is 2.88. The van der Waals surface area contributed by atoms with Gasteiger partial charge in [-0.15, -0.1) is 0 Å². The summed E-state index contributed by atoms with van der Waals surface area (Å²) in [5.74, 6) is 2.00. The Morgan fingerprint density at radius 3 is 2.42 bits per heavy atom. The van der Waals surface area contributed by atoms with E-state index in [0.29, 0.717) is 6.04 Å². The molecule has 1 saturated carbocycles. The molecule has 3 nitrogen and oxygen atoms in total. The molecule has 2 N–H and O–H groups in total. The highest BCUT2D eigenvalue weighted by Crippen LogP contribution is 2.37. The summed E-state index contributed by atoms with van der Waals surface area (Å²) in [5, 5.41) is 13.1. The number of nitrogens with one attached hydrogen (secondary N) is 1. The Labute approximate surface area is 118 Å². The Bertz CT molecular complexity index is 270. The van der Waals surface area contributed by atoms with Gasteiger partial charge < -0.3 is 15.3 Å². The molecule has 112 valence electrons. The van der Waals surface area contributed by atoms with Crippen molar-refractivity contribution >= 4 is 0 Å². The van der Waals surface area contributed by atoms with Crippen LogP contribution in [0.2, 0.25) is 0 Å². The summed E-state index contributed by atoms with van der Waals surface area (Å²) in [6.45, 7) is 10.5. The molecule has 0 bridgehead atoms. The second-order valence-electron chi connectivity index (χ2n) is 7.33. The number of nitrogens with zero attached hydrogens (tertiary/aromatic N) is 1. The number of hydrogen-bond donors (Lipinski definition) is 2. The van der Waals surface area contributed by atoms with Gasteiger partial charge in [-0.3, -0.25) is 0 Å². The van der Waals surface area contributed by atoms with Crippen molar-refractivity contribution in [2.75, 3.05) is 26.2 Å². The molecular formula is C16H32N2O. The van der Waals surface area contributed by atoms with Crippen molar-refractivity contribution in [1.29, 1.82) is 0 Å². The van der Waals surface area contributed by atoms with Crippen molar-refractivity contribution in [3.63, 3.8) is 0 Å². The Morgan fingerprint density at radius 1 is 1.26 bits per heavy atom. The summed E-state index contributed by atoms with van der Waals surface area (Å²) in [6.07, 6.45) is 6.64. The first kappa shape index (κ1) is 15.3. The van der Waals surface area contributed by atoms with Crippen LogP contribution < -0.4 is 5.32 Å². The standard InChI is InChI=1S/C16H32N2O/c1-13(2)17-16(3,12-19)8-5-9-18-10-14-6-4-7-15(14)11-18/h13-15,17,19H,4-12H2,1-3H3. The molecule has 0 spiro atoms. The van der Waals surface area contributed by atoms with E-state index in [1.54, 1.807) is 0 Å². The molecule has 1 aliphatic heterocycles. The molecule has 0 aromatic rings. The quantitative estimate of drug-likeness (QED) is 0.743. The van der Waals surface area contributed by atoms with Crippen LogP contribution in [0.3, 0.4) is 0 Å². The number of hydrogen-bond acceptors (Lipinski definition) is 3. The van der Waals surface area contributed by atoms with Crippen LogP contribution in [-0.4, -0.2) is 47.8 Å². The van der Waals surface area contributed by atoms with E-state index < -0.39 is 0 Å². The molecule has 1 aliphatic carbocycles. The van der Waals surface area contributed by atoms with Gasteiger partial charge in [-0.2, -0.15) is 0 Å². The fourth-order valence-corrected chi connectivity index (χ4v) is 4.10. The molecule has 2 fully saturated rings. The van der Waals surface area contributed by atoms with Gasteiger partial charge in [0.15, 0.2) is 0 Å². The van der Waals surface area contributed by atoms with Gasteiger partial charge in [-0.1, -0.05) is 20.3 Å². The van der Waals surface area contributed by atoms with E-state index in [2.05, 4.69) is 31.0 Å². The molecule has 0 amide bonds. The van der Waals surface area contributed by atoms with Crippen molar-refractivity contribution < 1.29 is 5.11 Å². The Hall–Kier alpha value is -0.120. The minimum absolute atomic E-state index is 0.107. The summed E-state index contributed by atoms with van der Waals surface area (Å²) in [6, 6.07) is 0.434. The zero-order valence-electron chi connectivity index (χ0n) is 13.0. The minimum Gasteiger partial charge on any atom is -0.394 e. The molecule has 19 heavy (non-hydrogen) atoms. The predicted molar refractivity (Wildman–Crippen MR) is 80.3 cm³/mol. The van der Waals surface area contributed by atoms with Crippen LogP contribution in [0.1, 0.15) is 52.9 Å².